The van der Waals surface area contributed by atoms with Crippen LogP contribution in [0.3, 0.4) is 0 Å². The maximum absolute atomic E-state index is 12.2. The molecular formula is C25H33N3O2. The van der Waals surface area contributed by atoms with Gasteiger partial charge in [-0.3, -0.25) is 9.69 Å². The summed E-state index contributed by atoms with van der Waals surface area (Å²) in [6, 6.07) is 16.8. The van der Waals surface area contributed by atoms with E-state index in [-0.39, 0.29) is 5.91 Å². The maximum atomic E-state index is 12.2. The molecule has 1 heterocycles. The Labute approximate surface area is 180 Å². The molecule has 4 rings (SSSR count). The van der Waals surface area contributed by atoms with Crippen molar-refractivity contribution in [3.8, 4) is 5.75 Å². The SMILES string of the molecule is COc1ccc(C(=O)NCCCN2CCN(C3CCCc4ccccc43)CC2)cc1. The van der Waals surface area contributed by atoms with Crippen LogP contribution in [-0.4, -0.2) is 62.1 Å². The molecule has 1 atom stereocenters. The summed E-state index contributed by atoms with van der Waals surface area (Å²) in [6.45, 7) is 6.25. The van der Waals surface area contributed by atoms with Gasteiger partial charge in [-0.2, -0.15) is 0 Å². The first kappa shape index (κ1) is 20.9. The average Bonchev–Trinajstić information content (AvgIpc) is 2.82. The van der Waals surface area contributed by atoms with E-state index >= 15 is 0 Å². The van der Waals surface area contributed by atoms with E-state index in [4.69, 9.17) is 4.74 Å². The normalized spacial score (nSPS) is 19.8. The monoisotopic (exact) mass is 407 g/mol. The zero-order valence-electron chi connectivity index (χ0n) is 18.0. The molecule has 0 spiro atoms. The fraction of sp³-hybridized carbons (Fsp3) is 0.480. The van der Waals surface area contributed by atoms with Crippen molar-refractivity contribution in [3.63, 3.8) is 0 Å². The molecule has 2 aromatic rings. The van der Waals surface area contributed by atoms with E-state index in [0.29, 0.717) is 18.2 Å². The quantitative estimate of drug-likeness (QED) is 0.714. The molecule has 0 saturated carbocycles. The first-order valence-electron chi connectivity index (χ1n) is 11.2. The van der Waals surface area contributed by atoms with Gasteiger partial charge >= 0.3 is 0 Å². The van der Waals surface area contributed by atoms with E-state index in [1.165, 1.54) is 19.3 Å². The van der Waals surface area contributed by atoms with Crippen LogP contribution in [0.2, 0.25) is 0 Å². The van der Waals surface area contributed by atoms with E-state index in [9.17, 15) is 4.79 Å². The highest BCUT2D eigenvalue weighted by Gasteiger charge is 2.28. The van der Waals surface area contributed by atoms with Crippen LogP contribution < -0.4 is 10.1 Å². The Hall–Kier alpha value is -2.37. The number of ether oxygens (including phenoxy) is 1. The van der Waals surface area contributed by atoms with Crippen molar-refractivity contribution < 1.29 is 9.53 Å². The number of aryl methyl sites for hydroxylation is 1. The molecule has 0 bridgehead atoms. The van der Waals surface area contributed by atoms with Gasteiger partial charge < -0.3 is 15.0 Å². The van der Waals surface area contributed by atoms with Crippen LogP contribution in [-0.2, 0) is 6.42 Å². The zero-order valence-corrected chi connectivity index (χ0v) is 18.0. The summed E-state index contributed by atoms with van der Waals surface area (Å²) in [4.78, 5) is 17.5. The molecule has 2 aromatic carbocycles. The number of hydrogen-bond acceptors (Lipinski definition) is 4. The standard InChI is InChI=1S/C25H33N3O2/c1-30-22-12-10-21(11-13-22)25(29)26-14-5-15-27-16-18-28(19-17-27)24-9-4-7-20-6-2-3-8-23(20)24/h2-3,6,8,10-13,24H,4-5,7,9,14-19H2,1H3,(H,26,29). The molecule has 160 valence electrons. The van der Waals surface area contributed by atoms with Crippen molar-refractivity contribution in [2.45, 2.75) is 31.7 Å². The molecule has 2 aliphatic rings. The molecule has 1 amide bonds. The average molecular weight is 408 g/mol. The lowest BCUT2D eigenvalue weighted by Gasteiger charge is -2.41. The van der Waals surface area contributed by atoms with Crippen LogP contribution in [0.1, 0.15) is 46.8 Å². The van der Waals surface area contributed by atoms with Gasteiger partial charge in [0.1, 0.15) is 5.75 Å². The highest BCUT2D eigenvalue weighted by atomic mass is 16.5. The first-order valence-corrected chi connectivity index (χ1v) is 11.2. The number of fused-ring (bicyclic) bond motifs is 1. The Morgan fingerprint density at radius 1 is 1.07 bits per heavy atom. The third-order valence-corrected chi connectivity index (χ3v) is 6.47. The highest BCUT2D eigenvalue weighted by Crippen LogP contribution is 2.34. The number of amides is 1. The van der Waals surface area contributed by atoms with Gasteiger partial charge in [0.05, 0.1) is 7.11 Å². The van der Waals surface area contributed by atoms with Gasteiger partial charge in [-0.05, 0) is 67.6 Å². The van der Waals surface area contributed by atoms with Crippen molar-refractivity contribution in [2.24, 2.45) is 0 Å². The molecule has 0 aromatic heterocycles. The van der Waals surface area contributed by atoms with E-state index in [0.717, 1.165) is 44.9 Å². The molecule has 0 radical (unpaired) electrons. The van der Waals surface area contributed by atoms with Gasteiger partial charge in [0.2, 0.25) is 0 Å². The predicted octanol–water partition coefficient (Wildman–Crippen LogP) is 3.51. The number of nitrogens with zero attached hydrogens (tertiary/aromatic N) is 2. The van der Waals surface area contributed by atoms with Gasteiger partial charge in [-0.25, -0.2) is 0 Å². The number of rotatable bonds is 7. The molecule has 1 fully saturated rings. The fourth-order valence-corrected chi connectivity index (χ4v) is 4.76. The molecule has 1 N–H and O–H groups in total. The molecule has 1 unspecified atom stereocenters. The summed E-state index contributed by atoms with van der Waals surface area (Å²) in [5, 5.41) is 3.03. The molecule has 1 saturated heterocycles. The van der Waals surface area contributed by atoms with Crippen LogP contribution >= 0.6 is 0 Å². The van der Waals surface area contributed by atoms with Crippen LogP contribution in [0.25, 0.3) is 0 Å². The Kier molecular flexibility index (Phi) is 7.03. The van der Waals surface area contributed by atoms with E-state index in [2.05, 4.69) is 39.4 Å². The van der Waals surface area contributed by atoms with E-state index in [1.54, 1.807) is 30.4 Å². The number of carbonyl (C=O) groups is 1. The van der Waals surface area contributed by atoms with Crippen molar-refractivity contribution in [1.29, 1.82) is 0 Å². The van der Waals surface area contributed by atoms with Gasteiger partial charge in [-0.1, -0.05) is 24.3 Å². The molecule has 30 heavy (non-hydrogen) atoms. The summed E-state index contributed by atoms with van der Waals surface area (Å²) in [6.07, 6.45) is 4.80. The molecule has 1 aliphatic carbocycles. The van der Waals surface area contributed by atoms with Gasteiger partial charge in [0, 0.05) is 44.3 Å². The number of hydrogen-bond donors (Lipinski definition) is 1. The third-order valence-electron chi connectivity index (χ3n) is 6.47. The minimum Gasteiger partial charge on any atom is -0.497 e. The number of carbonyl (C=O) groups excluding carboxylic acids is 1. The topological polar surface area (TPSA) is 44.8 Å². The lowest BCUT2D eigenvalue weighted by Crippen LogP contribution is -2.48. The summed E-state index contributed by atoms with van der Waals surface area (Å²) in [7, 11) is 1.63. The first-order chi connectivity index (χ1) is 14.7. The minimum atomic E-state index is -0.0153. The Morgan fingerprint density at radius 3 is 2.60 bits per heavy atom. The van der Waals surface area contributed by atoms with Crippen LogP contribution in [0.4, 0.5) is 0 Å². The Morgan fingerprint density at radius 2 is 1.83 bits per heavy atom. The fourth-order valence-electron chi connectivity index (χ4n) is 4.76. The van der Waals surface area contributed by atoms with Crippen LogP contribution in [0.15, 0.2) is 48.5 Å². The predicted molar refractivity (Wildman–Crippen MR) is 120 cm³/mol. The second kappa shape index (κ2) is 10.1. The molecule has 5 nitrogen and oxygen atoms in total. The second-order valence-electron chi connectivity index (χ2n) is 8.32. The molecule has 1 aliphatic heterocycles. The zero-order chi connectivity index (χ0) is 20.8. The van der Waals surface area contributed by atoms with Crippen molar-refractivity contribution in [2.75, 3.05) is 46.4 Å². The smallest absolute Gasteiger partial charge is 0.251 e. The molecular weight excluding hydrogens is 374 g/mol. The third kappa shape index (κ3) is 5.02. The van der Waals surface area contributed by atoms with E-state index < -0.39 is 0 Å². The van der Waals surface area contributed by atoms with Crippen LogP contribution in [0, 0.1) is 0 Å². The number of nitrogens with one attached hydrogen (secondary N) is 1. The maximum Gasteiger partial charge on any atom is 0.251 e. The highest BCUT2D eigenvalue weighted by molar-refractivity contribution is 5.94. The van der Waals surface area contributed by atoms with Gasteiger partial charge in [0.25, 0.3) is 5.91 Å². The summed E-state index contributed by atoms with van der Waals surface area (Å²) in [5.74, 6) is 0.751. The largest absolute Gasteiger partial charge is 0.497 e. The van der Waals surface area contributed by atoms with Crippen molar-refractivity contribution in [1.82, 2.24) is 15.1 Å². The van der Waals surface area contributed by atoms with E-state index in [1.807, 2.05) is 12.1 Å². The number of benzene rings is 2. The summed E-state index contributed by atoms with van der Waals surface area (Å²) >= 11 is 0. The second-order valence-corrected chi connectivity index (χ2v) is 8.32. The molecule has 5 heteroatoms. The number of piperazine rings is 1. The number of methoxy groups -OCH3 is 1. The van der Waals surface area contributed by atoms with Gasteiger partial charge in [-0.15, -0.1) is 0 Å². The van der Waals surface area contributed by atoms with Gasteiger partial charge in [0.15, 0.2) is 0 Å². The van der Waals surface area contributed by atoms with Crippen LogP contribution in [0.5, 0.6) is 5.75 Å². The Bertz CT molecular complexity index is 829. The van der Waals surface area contributed by atoms with Crippen molar-refractivity contribution >= 4 is 5.91 Å². The Balaban J connectivity index is 1.17. The lowest BCUT2D eigenvalue weighted by atomic mass is 9.86. The van der Waals surface area contributed by atoms with Crippen molar-refractivity contribution in [3.05, 3.63) is 65.2 Å². The summed E-state index contributed by atoms with van der Waals surface area (Å²) in [5.41, 5.74) is 3.78. The minimum absolute atomic E-state index is 0.0153. The lowest BCUT2D eigenvalue weighted by molar-refractivity contribution is 0.0861. The summed E-state index contributed by atoms with van der Waals surface area (Å²) < 4.78 is 5.14.